The Morgan fingerprint density at radius 3 is 2.53 bits per heavy atom. The predicted octanol–water partition coefficient (Wildman–Crippen LogP) is 2.16. The van der Waals surface area contributed by atoms with Crippen molar-refractivity contribution >= 4 is 46.3 Å². The van der Waals surface area contributed by atoms with Gasteiger partial charge in [-0.2, -0.15) is 0 Å². The summed E-state index contributed by atoms with van der Waals surface area (Å²) in [5, 5.41) is 7.95. The summed E-state index contributed by atoms with van der Waals surface area (Å²) in [5.41, 5.74) is 1.84. The number of nitrogens with one attached hydrogen (secondary N) is 4. The molecule has 3 aromatic rings. The number of amides is 4. The van der Waals surface area contributed by atoms with Crippen molar-refractivity contribution in [2.45, 2.75) is 12.5 Å². The van der Waals surface area contributed by atoms with Crippen LogP contribution in [0, 0.1) is 0 Å². The summed E-state index contributed by atoms with van der Waals surface area (Å²) < 4.78 is 5.05. The van der Waals surface area contributed by atoms with Gasteiger partial charge < -0.3 is 20.4 Å². The van der Waals surface area contributed by atoms with Crippen LogP contribution in [0.4, 0.5) is 4.79 Å². The van der Waals surface area contributed by atoms with E-state index in [1.807, 2.05) is 29.6 Å². The van der Waals surface area contributed by atoms with E-state index >= 15 is 0 Å². The van der Waals surface area contributed by atoms with Crippen LogP contribution in [0.2, 0.25) is 5.02 Å². The number of imide groups is 1. The van der Waals surface area contributed by atoms with E-state index in [2.05, 4.69) is 15.6 Å². The number of para-hydroxylation sites is 1. The first-order valence-corrected chi connectivity index (χ1v) is 10.1. The highest BCUT2D eigenvalue weighted by molar-refractivity contribution is 6.33. The lowest BCUT2D eigenvalue weighted by atomic mass is 10.0. The van der Waals surface area contributed by atoms with Crippen molar-refractivity contribution in [3.63, 3.8) is 0 Å². The second-order valence-electron chi connectivity index (χ2n) is 6.80. The normalized spacial score (nSPS) is 11.4. The van der Waals surface area contributed by atoms with Gasteiger partial charge in [-0.3, -0.25) is 14.9 Å². The number of carbonyl (C=O) groups is 4. The SMILES string of the molecule is CNC(=O)NC(=O)COC(=O)C(Cc1c[nH]c2ccccc12)NC(=O)c1ccccc1Cl. The Balaban J connectivity index is 1.77. The van der Waals surface area contributed by atoms with E-state index in [4.69, 9.17) is 16.3 Å². The first kappa shape index (κ1) is 22.8. The van der Waals surface area contributed by atoms with Crippen molar-refractivity contribution in [3.8, 4) is 0 Å². The van der Waals surface area contributed by atoms with Gasteiger partial charge in [-0.25, -0.2) is 9.59 Å². The van der Waals surface area contributed by atoms with E-state index in [1.165, 1.54) is 13.1 Å². The summed E-state index contributed by atoms with van der Waals surface area (Å²) in [6, 6.07) is 12.1. The second kappa shape index (κ2) is 10.5. The van der Waals surface area contributed by atoms with Gasteiger partial charge in [-0.05, 0) is 23.8 Å². The Bertz CT molecular complexity index is 1160. The van der Waals surface area contributed by atoms with Gasteiger partial charge in [-0.1, -0.05) is 41.9 Å². The molecule has 1 atom stereocenters. The molecule has 0 aliphatic carbocycles. The fourth-order valence-corrected chi connectivity index (χ4v) is 3.28. The van der Waals surface area contributed by atoms with Crippen LogP contribution in [0.25, 0.3) is 10.9 Å². The van der Waals surface area contributed by atoms with Gasteiger partial charge in [-0.15, -0.1) is 0 Å². The lowest BCUT2D eigenvalue weighted by Crippen LogP contribution is -2.45. The quantitative estimate of drug-likeness (QED) is 0.405. The summed E-state index contributed by atoms with van der Waals surface area (Å²) in [4.78, 5) is 51.6. The number of fused-ring (bicyclic) bond motifs is 1. The highest BCUT2D eigenvalue weighted by atomic mass is 35.5. The number of aromatic amines is 1. The van der Waals surface area contributed by atoms with Crippen molar-refractivity contribution in [1.29, 1.82) is 0 Å². The molecular formula is C22H21ClN4O5. The smallest absolute Gasteiger partial charge is 0.329 e. The molecule has 1 aromatic heterocycles. The fraction of sp³-hybridized carbons (Fsp3) is 0.182. The Hall–Kier alpha value is -3.85. The maximum atomic E-state index is 12.8. The van der Waals surface area contributed by atoms with E-state index in [1.54, 1.807) is 24.4 Å². The molecule has 0 aliphatic heterocycles. The summed E-state index contributed by atoms with van der Waals surface area (Å²) in [7, 11) is 1.34. The molecule has 2 aromatic carbocycles. The van der Waals surface area contributed by atoms with Gasteiger partial charge in [0.05, 0.1) is 10.6 Å². The number of H-pyrrole nitrogens is 1. The number of esters is 1. The zero-order chi connectivity index (χ0) is 23.1. The van der Waals surface area contributed by atoms with Gasteiger partial charge in [0.25, 0.3) is 11.8 Å². The molecule has 0 aliphatic rings. The van der Waals surface area contributed by atoms with Crippen molar-refractivity contribution in [3.05, 3.63) is 70.9 Å². The highest BCUT2D eigenvalue weighted by Gasteiger charge is 2.26. The van der Waals surface area contributed by atoms with Crippen LogP contribution < -0.4 is 16.0 Å². The molecule has 32 heavy (non-hydrogen) atoms. The van der Waals surface area contributed by atoms with Crippen molar-refractivity contribution in [2.75, 3.05) is 13.7 Å². The molecule has 10 heteroatoms. The standard InChI is InChI=1S/C22H21ClN4O5/c1-24-22(31)27-19(28)12-32-21(30)18(26-20(29)15-7-2-4-8-16(15)23)10-13-11-25-17-9-5-3-6-14(13)17/h2-9,11,18,25H,10,12H2,1H3,(H,26,29)(H2,24,27,28,31). The van der Waals surface area contributed by atoms with E-state index < -0.39 is 36.5 Å². The Morgan fingerprint density at radius 2 is 1.78 bits per heavy atom. The number of hydrogen-bond donors (Lipinski definition) is 4. The second-order valence-corrected chi connectivity index (χ2v) is 7.21. The third kappa shape index (κ3) is 5.64. The molecule has 0 saturated heterocycles. The minimum atomic E-state index is -1.11. The summed E-state index contributed by atoms with van der Waals surface area (Å²) in [5.74, 6) is -2.20. The molecular weight excluding hydrogens is 436 g/mol. The Kier molecular flexibility index (Phi) is 7.45. The molecule has 0 bridgehead atoms. The summed E-state index contributed by atoms with van der Waals surface area (Å²) in [6.45, 7) is -0.682. The number of aromatic nitrogens is 1. The number of rotatable bonds is 7. The minimum Gasteiger partial charge on any atom is -0.454 e. The fourth-order valence-electron chi connectivity index (χ4n) is 3.06. The van der Waals surface area contributed by atoms with E-state index in [0.29, 0.717) is 0 Å². The molecule has 4 amide bonds. The first-order valence-electron chi connectivity index (χ1n) is 9.67. The van der Waals surface area contributed by atoms with Gasteiger partial charge in [0.15, 0.2) is 6.61 Å². The number of carbonyl (C=O) groups excluding carboxylic acids is 4. The Morgan fingerprint density at radius 1 is 1.06 bits per heavy atom. The molecule has 0 fully saturated rings. The van der Waals surface area contributed by atoms with Crippen molar-refractivity contribution < 1.29 is 23.9 Å². The topological polar surface area (TPSA) is 129 Å². The average Bonchev–Trinajstić information content (AvgIpc) is 3.20. The molecule has 9 nitrogen and oxygen atoms in total. The minimum absolute atomic E-state index is 0.107. The van der Waals surface area contributed by atoms with Gasteiger partial charge in [0, 0.05) is 30.6 Å². The monoisotopic (exact) mass is 456 g/mol. The van der Waals surface area contributed by atoms with Crippen molar-refractivity contribution in [1.82, 2.24) is 20.9 Å². The van der Waals surface area contributed by atoms with Crippen LogP contribution in [0.1, 0.15) is 15.9 Å². The Labute approximate surface area is 188 Å². The maximum absolute atomic E-state index is 12.8. The molecule has 0 spiro atoms. The third-order valence-electron chi connectivity index (χ3n) is 4.63. The summed E-state index contributed by atoms with van der Waals surface area (Å²) >= 11 is 6.10. The van der Waals surface area contributed by atoms with Crippen LogP contribution in [0.5, 0.6) is 0 Å². The number of benzene rings is 2. The van der Waals surface area contributed by atoms with Gasteiger partial charge in [0.1, 0.15) is 6.04 Å². The van der Waals surface area contributed by atoms with Gasteiger partial charge in [0.2, 0.25) is 0 Å². The molecule has 0 saturated carbocycles. The summed E-state index contributed by atoms with van der Waals surface area (Å²) in [6.07, 6.45) is 1.85. The molecule has 1 heterocycles. The van der Waals surface area contributed by atoms with E-state index in [0.717, 1.165) is 16.5 Å². The molecule has 0 radical (unpaired) electrons. The maximum Gasteiger partial charge on any atom is 0.329 e. The average molecular weight is 457 g/mol. The predicted molar refractivity (Wildman–Crippen MR) is 118 cm³/mol. The molecule has 4 N–H and O–H groups in total. The van der Waals surface area contributed by atoms with Crippen LogP contribution in [-0.4, -0.2) is 48.5 Å². The van der Waals surface area contributed by atoms with Crippen molar-refractivity contribution in [2.24, 2.45) is 0 Å². The zero-order valence-corrected chi connectivity index (χ0v) is 17.9. The highest BCUT2D eigenvalue weighted by Crippen LogP contribution is 2.20. The molecule has 166 valence electrons. The number of urea groups is 1. The lowest BCUT2D eigenvalue weighted by Gasteiger charge is -2.18. The molecule has 1 unspecified atom stereocenters. The number of ether oxygens (including phenoxy) is 1. The van der Waals surface area contributed by atoms with E-state index in [9.17, 15) is 19.2 Å². The zero-order valence-electron chi connectivity index (χ0n) is 17.1. The van der Waals surface area contributed by atoms with Crippen LogP contribution >= 0.6 is 11.6 Å². The van der Waals surface area contributed by atoms with E-state index in [-0.39, 0.29) is 17.0 Å². The first-order chi connectivity index (χ1) is 15.4. The van der Waals surface area contributed by atoms with Crippen LogP contribution in [-0.2, 0) is 20.7 Å². The molecule has 3 rings (SSSR count). The van der Waals surface area contributed by atoms with Crippen LogP contribution in [0.15, 0.2) is 54.7 Å². The lowest BCUT2D eigenvalue weighted by molar-refractivity contribution is -0.150. The number of hydrogen-bond acceptors (Lipinski definition) is 5. The third-order valence-corrected chi connectivity index (χ3v) is 4.96. The van der Waals surface area contributed by atoms with Gasteiger partial charge >= 0.3 is 12.0 Å². The largest absolute Gasteiger partial charge is 0.454 e. The number of halogens is 1. The van der Waals surface area contributed by atoms with Crippen LogP contribution in [0.3, 0.4) is 0 Å².